The number of carbonyl (C=O) groups excluding carboxylic acids is 1. The van der Waals surface area contributed by atoms with Crippen LogP contribution in [0.2, 0.25) is 0 Å². The molecule has 0 aliphatic carbocycles. The van der Waals surface area contributed by atoms with Crippen LogP contribution in [0.15, 0.2) is 23.4 Å². The van der Waals surface area contributed by atoms with Gasteiger partial charge in [0.25, 0.3) is 0 Å². The highest BCUT2D eigenvalue weighted by Crippen LogP contribution is 2.33. The van der Waals surface area contributed by atoms with E-state index in [1.165, 1.54) is 12.3 Å². The molecule has 4 aromatic rings. The number of aromatic amines is 1. The van der Waals surface area contributed by atoms with E-state index in [0.717, 1.165) is 17.8 Å². The lowest BCUT2D eigenvalue weighted by Crippen LogP contribution is -2.21. The van der Waals surface area contributed by atoms with E-state index >= 15 is 0 Å². The number of fused-ring (bicyclic) bond motifs is 2. The first kappa shape index (κ1) is 15.6. The molecule has 0 saturated carbocycles. The molecule has 0 atom stereocenters. The van der Waals surface area contributed by atoms with Crippen molar-refractivity contribution in [2.24, 2.45) is 0 Å². The van der Waals surface area contributed by atoms with Crippen molar-refractivity contribution in [1.82, 2.24) is 14.4 Å². The number of carbonyl (C=O) groups is 3. The number of ether oxygens (including phenoxy) is 1. The topological polar surface area (TPSA) is 151 Å². The fraction of sp³-hybridized carbons (Fsp3) is 0.0625. The van der Waals surface area contributed by atoms with E-state index in [1.54, 1.807) is 0 Å². The largest absolute Gasteiger partial charge is 0.478 e. The van der Waals surface area contributed by atoms with Gasteiger partial charge in [0.1, 0.15) is 23.1 Å². The van der Waals surface area contributed by atoms with Crippen LogP contribution in [0.3, 0.4) is 0 Å². The Labute approximate surface area is 142 Å². The van der Waals surface area contributed by atoms with Crippen LogP contribution in [0.5, 0.6) is 0 Å². The van der Waals surface area contributed by atoms with Gasteiger partial charge in [-0.3, -0.25) is 9.20 Å². The number of nitrogens with zero attached hydrogens (tertiary/aromatic N) is 2. The number of aromatic nitrogens is 3. The molecule has 0 aliphatic heterocycles. The molecule has 26 heavy (non-hydrogen) atoms. The number of methoxy groups -OCH3 is 1. The molecule has 130 valence electrons. The van der Waals surface area contributed by atoms with E-state index < -0.39 is 40.2 Å². The van der Waals surface area contributed by atoms with Crippen molar-refractivity contribution in [3.8, 4) is 0 Å². The summed E-state index contributed by atoms with van der Waals surface area (Å²) in [6.45, 7) is 0. The number of carboxylic acids is 2. The summed E-state index contributed by atoms with van der Waals surface area (Å²) >= 11 is 0. The van der Waals surface area contributed by atoms with Gasteiger partial charge in [0.15, 0.2) is 0 Å². The number of aromatic carboxylic acids is 2. The second-order valence-electron chi connectivity index (χ2n) is 5.48. The van der Waals surface area contributed by atoms with Crippen molar-refractivity contribution in [3.05, 3.63) is 45.6 Å². The van der Waals surface area contributed by atoms with E-state index in [9.17, 15) is 29.4 Å². The number of benzene rings is 1. The van der Waals surface area contributed by atoms with Crippen LogP contribution < -0.4 is 5.43 Å². The number of hydrogen-bond donors (Lipinski definition) is 3. The SMILES string of the molecule is COC(=O)c1c(C(=O)O)c2c3[nH]ccc3c(=O)c3ncn(c1C(=O)O)c32. The maximum absolute atomic E-state index is 12.6. The fourth-order valence-electron chi connectivity index (χ4n) is 3.27. The average Bonchev–Trinajstić information content (AvgIpc) is 3.24. The van der Waals surface area contributed by atoms with Crippen LogP contribution in [0.25, 0.3) is 27.3 Å². The van der Waals surface area contributed by atoms with Crippen LogP contribution in [0.1, 0.15) is 31.2 Å². The molecule has 10 nitrogen and oxygen atoms in total. The monoisotopic (exact) mass is 355 g/mol. The second-order valence-corrected chi connectivity index (χ2v) is 5.48. The van der Waals surface area contributed by atoms with Crippen molar-refractivity contribution in [1.29, 1.82) is 0 Å². The highest BCUT2D eigenvalue weighted by Gasteiger charge is 2.33. The molecule has 0 spiro atoms. The summed E-state index contributed by atoms with van der Waals surface area (Å²) in [6.07, 6.45) is 2.51. The first-order chi connectivity index (χ1) is 12.4. The molecule has 0 amide bonds. The number of carboxylic acid groups (broad SMARTS) is 2. The number of imidazole rings is 1. The summed E-state index contributed by atoms with van der Waals surface area (Å²) < 4.78 is 5.63. The summed E-state index contributed by atoms with van der Waals surface area (Å²) in [7, 11) is 1.01. The molecule has 0 radical (unpaired) electrons. The minimum Gasteiger partial charge on any atom is -0.478 e. The molecule has 3 aromatic heterocycles. The molecule has 0 saturated heterocycles. The lowest BCUT2D eigenvalue weighted by molar-refractivity contribution is 0.0566. The van der Waals surface area contributed by atoms with Gasteiger partial charge in [-0.05, 0) is 6.07 Å². The molecule has 1 aromatic carbocycles. The smallest absolute Gasteiger partial charge is 0.353 e. The number of rotatable bonds is 3. The molecule has 4 rings (SSSR count). The number of H-pyrrole nitrogens is 1. The van der Waals surface area contributed by atoms with Gasteiger partial charge in [-0.1, -0.05) is 0 Å². The van der Waals surface area contributed by atoms with Crippen molar-refractivity contribution in [2.45, 2.75) is 0 Å². The van der Waals surface area contributed by atoms with E-state index in [0.29, 0.717) is 0 Å². The first-order valence-electron chi connectivity index (χ1n) is 7.22. The Morgan fingerprint density at radius 1 is 1.19 bits per heavy atom. The summed E-state index contributed by atoms with van der Waals surface area (Å²) in [5, 5.41) is 19.5. The third-order valence-electron chi connectivity index (χ3n) is 4.24. The Morgan fingerprint density at radius 3 is 2.54 bits per heavy atom. The molecule has 0 fully saturated rings. The Balaban J connectivity index is 2.47. The van der Waals surface area contributed by atoms with Gasteiger partial charge in [0.2, 0.25) is 5.43 Å². The van der Waals surface area contributed by atoms with Gasteiger partial charge in [0, 0.05) is 17.0 Å². The van der Waals surface area contributed by atoms with E-state index in [2.05, 4.69) is 14.7 Å². The van der Waals surface area contributed by atoms with Crippen LogP contribution in [-0.4, -0.2) is 49.6 Å². The minimum atomic E-state index is -1.56. The van der Waals surface area contributed by atoms with Crippen molar-refractivity contribution >= 4 is 45.2 Å². The maximum atomic E-state index is 12.6. The maximum Gasteiger partial charge on any atom is 0.353 e. The predicted octanol–water partition coefficient (Wildman–Crippen LogP) is 0.950. The van der Waals surface area contributed by atoms with Gasteiger partial charge in [-0.25, -0.2) is 19.4 Å². The Kier molecular flexibility index (Phi) is 3.01. The van der Waals surface area contributed by atoms with Gasteiger partial charge in [-0.2, -0.15) is 0 Å². The molecule has 0 aliphatic rings. The molecular formula is C16H9N3O7. The first-order valence-corrected chi connectivity index (χ1v) is 7.22. The Bertz CT molecular complexity index is 1310. The molecular weight excluding hydrogens is 346 g/mol. The third kappa shape index (κ3) is 1.72. The lowest BCUT2D eigenvalue weighted by atomic mass is 9.97. The zero-order valence-corrected chi connectivity index (χ0v) is 13.1. The quantitative estimate of drug-likeness (QED) is 0.459. The lowest BCUT2D eigenvalue weighted by Gasteiger charge is -2.14. The Hall–Kier alpha value is -3.95. The third-order valence-corrected chi connectivity index (χ3v) is 4.24. The summed E-state index contributed by atoms with van der Waals surface area (Å²) in [5.74, 6) is -4.22. The zero-order chi connectivity index (χ0) is 18.7. The average molecular weight is 355 g/mol. The van der Waals surface area contributed by atoms with Crippen LogP contribution in [0.4, 0.5) is 0 Å². The van der Waals surface area contributed by atoms with Gasteiger partial charge in [-0.15, -0.1) is 0 Å². The fourth-order valence-corrected chi connectivity index (χ4v) is 3.27. The highest BCUT2D eigenvalue weighted by molar-refractivity contribution is 6.24. The molecule has 3 N–H and O–H groups in total. The number of pyridine rings is 1. The van der Waals surface area contributed by atoms with E-state index in [1.807, 2.05) is 0 Å². The summed E-state index contributed by atoms with van der Waals surface area (Å²) in [4.78, 5) is 55.3. The number of hydrogen-bond acceptors (Lipinski definition) is 6. The zero-order valence-electron chi connectivity index (χ0n) is 13.1. The molecule has 0 unspecified atom stereocenters. The molecule has 3 heterocycles. The molecule has 10 heteroatoms. The minimum absolute atomic E-state index is 0.00685. The van der Waals surface area contributed by atoms with E-state index in [4.69, 9.17) is 0 Å². The van der Waals surface area contributed by atoms with Crippen LogP contribution in [-0.2, 0) is 4.74 Å². The van der Waals surface area contributed by atoms with Gasteiger partial charge >= 0.3 is 17.9 Å². The van der Waals surface area contributed by atoms with Crippen molar-refractivity contribution < 1.29 is 29.3 Å². The van der Waals surface area contributed by atoms with Crippen molar-refractivity contribution in [2.75, 3.05) is 7.11 Å². The normalized spacial score (nSPS) is 11.4. The van der Waals surface area contributed by atoms with Crippen LogP contribution in [0, 0.1) is 0 Å². The Morgan fingerprint density at radius 2 is 1.92 bits per heavy atom. The standard InChI is InChI=1S/C16H9N3O7/c1-26-16(25)8-6(14(21)22)7-9-5(2-3-17-9)13(20)10-11(7)19(4-18-10)12(8)15(23)24/h2-4,17H,1H3,(H,21,22)(H,23,24). The van der Waals surface area contributed by atoms with E-state index in [-0.39, 0.29) is 27.3 Å². The van der Waals surface area contributed by atoms with Gasteiger partial charge < -0.3 is 19.9 Å². The number of esters is 1. The summed E-state index contributed by atoms with van der Waals surface area (Å²) in [6, 6.07) is 1.46. The highest BCUT2D eigenvalue weighted by atomic mass is 16.5. The second kappa shape index (κ2) is 5.02. The number of nitrogens with one attached hydrogen (secondary N) is 1. The summed E-state index contributed by atoms with van der Waals surface area (Å²) in [5.41, 5.74) is -2.23. The van der Waals surface area contributed by atoms with Crippen molar-refractivity contribution in [3.63, 3.8) is 0 Å². The van der Waals surface area contributed by atoms with Crippen LogP contribution >= 0.6 is 0 Å². The molecule has 0 bridgehead atoms. The van der Waals surface area contributed by atoms with Gasteiger partial charge in [0.05, 0.1) is 23.7 Å². The predicted molar refractivity (Wildman–Crippen MR) is 87.3 cm³/mol.